The molecule has 27 heavy (non-hydrogen) atoms. The predicted molar refractivity (Wildman–Crippen MR) is 110 cm³/mol. The van der Waals surface area contributed by atoms with Gasteiger partial charge in [0.25, 0.3) is 0 Å². The molecule has 1 saturated carbocycles. The van der Waals surface area contributed by atoms with Crippen LogP contribution in [0.25, 0.3) is 0 Å². The van der Waals surface area contributed by atoms with Gasteiger partial charge in [0.1, 0.15) is 0 Å². The summed E-state index contributed by atoms with van der Waals surface area (Å²) in [5, 5.41) is 9.88. The first-order chi connectivity index (χ1) is 13.1. The zero-order valence-electron chi connectivity index (χ0n) is 16.0. The summed E-state index contributed by atoms with van der Waals surface area (Å²) in [6, 6.07) is 20.9. The minimum atomic E-state index is -0.676. The molecule has 0 radical (unpaired) electrons. The molecule has 0 spiro atoms. The maximum absolute atomic E-state index is 12.0. The van der Waals surface area contributed by atoms with Crippen LogP contribution >= 0.6 is 0 Å². The van der Waals surface area contributed by atoms with Crippen molar-refractivity contribution in [3.63, 3.8) is 0 Å². The average molecular weight is 364 g/mol. The second-order valence-corrected chi connectivity index (χ2v) is 7.53. The van der Waals surface area contributed by atoms with Crippen LogP contribution in [0, 0.1) is 11.8 Å². The second kappa shape index (κ2) is 9.01. The maximum Gasteiger partial charge on any atom is 0.308 e. The highest BCUT2D eigenvalue weighted by molar-refractivity contribution is 5.71. The molecule has 3 heteroatoms. The van der Waals surface area contributed by atoms with Gasteiger partial charge in [-0.2, -0.15) is 0 Å². The lowest BCUT2D eigenvalue weighted by Crippen LogP contribution is -2.46. The van der Waals surface area contributed by atoms with Crippen molar-refractivity contribution in [2.45, 2.75) is 38.3 Å². The smallest absolute Gasteiger partial charge is 0.308 e. The highest BCUT2D eigenvalue weighted by atomic mass is 16.4. The van der Waals surface area contributed by atoms with E-state index in [9.17, 15) is 9.90 Å². The van der Waals surface area contributed by atoms with Gasteiger partial charge in [-0.05, 0) is 43.2 Å². The van der Waals surface area contributed by atoms with Crippen molar-refractivity contribution in [3.8, 4) is 0 Å². The first kappa shape index (κ1) is 19.4. The zero-order chi connectivity index (χ0) is 19.2. The monoisotopic (exact) mass is 363 g/mol. The fraction of sp³-hybridized carbons (Fsp3) is 0.375. The number of hydrogen-bond donors (Lipinski definition) is 1. The van der Waals surface area contributed by atoms with Gasteiger partial charge in [0.15, 0.2) is 0 Å². The summed E-state index contributed by atoms with van der Waals surface area (Å²) in [6.45, 7) is 6.80. The lowest BCUT2D eigenvalue weighted by molar-refractivity contribution is -0.144. The Hall–Kier alpha value is -2.39. The van der Waals surface area contributed by atoms with E-state index in [0.717, 1.165) is 19.3 Å². The Balaban J connectivity index is 1.91. The Morgan fingerprint density at radius 2 is 1.78 bits per heavy atom. The van der Waals surface area contributed by atoms with E-state index >= 15 is 0 Å². The molecule has 0 bridgehead atoms. The summed E-state index contributed by atoms with van der Waals surface area (Å²) in [5.41, 5.74) is 2.50. The van der Waals surface area contributed by atoms with Gasteiger partial charge in [0.2, 0.25) is 0 Å². The zero-order valence-corrected chi connectivity index (χ0v) is 16.0. The molecule has 1 fully saturated rings. The number of aliphatic carboxylic acids is 1. The fourth-order valence-corrected chi connectivity index (χ4v) is 4.58. The molecule has 4 atom stereocenters. The molecule has 1 N–H and O–H groups in total. The summed E-state index contributed by atoms with van der Waals surface area (Å²) < 4.78 is 0. The predicted octanol–water partition coefficient (Wildman–Crippen LogP) is 4.96. The summed E-state index contributed by atoms with van der Waals surface area (Å²) in [6.07, 6.45) is 4.51. The molecule has 0 saturated heterocycles. The fourth-order valence-electron chi connectivity index (χ4n) is 4.58. The molecular weight excluding hydrogens is 334 g/mol. The summed E-state index contributed by atoms with van der Waals surface area (Å²) in [4.78, 5) is 14.4. The third-order valence-electron chi connectivity index (χ3n) is 5.90. The molecule has 3 nitrogen and oxygen atoms in total. The topological polar surface area (TPSA) is 40.5 Å². The first-order valence-corrected chi connectivity index (χ1v) is 9.80. The van der Waals surface area contributed by atoms with Gasteiger partial charge < -0.3 is 5.11 Å². The molecule has 1 aliphatic rings. The van der Waals surface area contributed by atoms with Gasteiger partial charge in [-0.3, -0.25) is 9.69 Å². The molecule has 3 rings (SSSR count). The molecule has 0 amide bonds. The van der Waals surface area contributed by atoms with E-state index in [1.54, 1.807) is 0 Å². The first-order valence-electron chi connectivity index (χ1n) is 9.80. The van der Waals surface area contributed by atoms with E-state index in [1.165, 1.54) is 11.1 Å². The van der Waals surface area contributed by atoms with Crippen molar-refractivity contribution in [1.82, 2.24) is 4.90 Å². The number of carboxylic acid groups (broad SMARTS) is 1. The molecule has 2 aromatic carbocycles. The Morgan fingerprint density at radius 3 is 2.37 bits per heavy atom. The Morgan fingerprint density at radius 1 is 1.15 bits per heavy atom. The van der Waals surface area contributed by atoms with E-state index in [-0.39, 0.29) is 18.0 Å². The Labute approximate surface area is 162 Å². The third kappa shape index (κ3) is 4.48. The van der Waals surface area contributed by atoms with Crippen molar-refractivity contribution in [1.29, 1.82) is 0 Å². The molecule has 0 heterocycles. The van der Waals surface area contributed by atoms with Gasteiger partial charge in [-0.1, -0.05) is 66.7 Å². The van der Waals surface area contributed by atoms with Crippen molar-refractivity contribution in [3.05, 3.63) is 84.4 Å². The highest BCUT2D eigenvalue weighted by Crippen LogP contribution is 2.40. The van der Waals surface area contributed by atoms with Crippen LogP contribution in [0.1, 0.15) is 36.9 Å². The molecular formula is C24H29NO2. The van der Waals surface area contributed by atoms with Crippen LogP contribution in [-0.4, -0.2) is 28.6 Å². The quantitative estimate of drug-likeness (QED) is 0.674. The molecule has 0 unspecified atom stereocenters. The molecule has 1 aliphatic carbocycles. The van der Waals surface area contributed by atoms with Gasteiger partial charge in [-0.15, -0.1) is 6.58 Å². The molecule has 0 aliphatic heterocycles. The minimum Gasteiger partial charge on any atom is -0.481 e. The SMILES string of the molecule is C=CCN([C@@H]1[C@@H](Cc2ccccc2)CC[C@H]1C(=O)O)[C@H](C)c1ccccc1. The lowest BCUT2D eigenvalue weighted by Gasteiger charge is -2.39. The van der Waals surface area contributed by atoms with Crippen molar-refractivity contribution in [2.24, 2.45) is 11.8 Å². The number of nitrogens with zero attached hydrogens (tertiary/aromatic N) is 1. The normalized spacial score (nSPS) is 23.3. The minimum absolute atomic E-state index is 0.0101. The molecule has 2 aromatic rings. The van der Waals surface area contributed by atoms with Crippen LogP contribution in [0.15, 0.2) is 73.3 Å². The largest absolute Gasteiger partial charge is 0.481 e. The van der Waals surface area contributed by atoms with Crippen LogP contribution in [0.5, 0.6) is 0 Å². The third-order valence-corrected chi connectivity index (χ3v) is 5.90. The van der Waals surface area contributed by atoms with E-state index in [2.05, 4.69) is 54.8 Å². The summed E-state index contributed by atoms with van der Waals surface area (Å²) in [5.74, 6) is -0.672. The van der Waals surface area contributed by atoms with Crippen LogP contribution in [0.3, 0.4) is 0 Å². The van der Waals surface area contributed by atoms with Crippen LogP contribution < -0.4 is 0 Å². The van der Waals surface area contributed by atoms with Gasteiger partial charge in [0, 0.05) is 18.6 Å². The van der Waals surface area contributed by atoms with Crippen molar-refractivity contribution >= 4 is 5.97 Å². The van der Waals surface area contributed by atoms with Crippen molar-refractivity contribution in [2.75, 3.05) is 6.54 Å². The van der Waals surface area contributed by atoms with Crippen molar-refractivity contribution < 1.29 is 9.90 Å². The number of carbonyl (C=O) groups is 1. The molecule has 142 valence electrons. The number of hydrogen-bond acceptors (Lipinski definition) is 2. The van der Waals surface area contributed by atoms with Crippen LogP contribution in [0.4, 0.5) is 0 Å². The van der Waals surface area contributed by atoms with Gasteiger partial charge in [-0.25, -0.2) is 0 Å². The van der Waals surface area contributed by atoms with E-state index < -0.39 is 5.97 Å². The summed E-state index contributed by atoms with van der Waals surface area (Å²) >= 11 is 0. The Bertz CT molecular complexity index is 743. The average Bonchev–Trinajstić information content (AvgIpc) is 3.10. The standard InChI is InChI=1S/C24H29NO2/c1-3-16-25(18(2)20-12-8-5-9-13-20)23-21(14-15-22(23)24(26)27)17-19-10-6-4-7-11-19/h3-13,18,21-23H,1,14-17H2,2H3,(H,26,27)/t18-,21-,22-,23-/m1/s1. The number of benzene rings is 2. The van der Waals surface area contributed by atoms with Crippen LogP contribution in [0.2, 0.25) is 0 Å². The second-order valence-electron chi connectivity index (χ2n) is 7.53. The Kier molecular flexibility index (Phi) is 6.46. The van der Waals surface area contributed by atoms with Gasteiger partial charge >= 0.3 is 5.97 Å². The van der Waals surface area contributed by atoms with E-state index in [4.69, 9.17) is 0 Å². The van der Waals surface area contributed by atoms with E-state index in [1.807, 2.05) is 30.3 Å². The molecule has 0 aromatic heterocycles. The maximum atomic E-state index is 12.0. The van der Waals surface area contributed by atoms with Crippen LogP contribution in [-0.2, 0) is 11.2 Å². The summed E-state index contributed by atoms with van der Waals surface area (Å²) in [7, 11) is 0. The number of rotatable bonds is 8. The van der Waals surface area contributed by atoms with Gasteiger partial charge in [0.05, 0.1) is 5.92 Å². The highest BCUT2D eigenvalue weighted by Gasteiger charge is 2.44. The number of carboxylic acids is 1. The van der Waals surface area contributed by atoms with E-state index in [0.29, 0.717) is 12.5 Å². The lowest BCUT2D eigenvalue weighted by atomic mass is 9.88.